The zero-order valence-electron chi connectivity index (χ0n) is 15.7. The van der Waals surface area contributed by atoms with Gasteiger partial charge in [-0.25, -0.2) is 5.84 Å². The van der Waals surface area contributed by atoms with Gasteiger partial charge in [0.25, 0.3) is 5.91 Å². The Kier molecular flexibility index (Phi) is 20.1. The van der Waals surface area contributed by atoms with Gasteiger partial charge in [0.2, 0.25) is 0 Å². The molecule has 2 aromatic rings. The van der Waals surface area contributed by atoms with Gasteiger partial charge in [-0.1, -0.05) is 60.7 Å². The van der Waals surface area contributed by atoms with Crippen molar-refractivity contribution in [3.63, 3.8) is 0 Å². The number of carbonyl (C=O) groups excluding carboxylic acids is 1. The predicted molar refractivity (Wildman–Crippen MR) is 123 cm³/mol. The summed E-state index contributed by atoms with van der Waals surface area (Å²) in [5.41, 5.74) is 2.51. The van der Waals surface area contributed by atoms with Gasteiger partial charge in [-0.15, -0.1) is 24.8 Å². The quantitative estimate of drug-likeness (QED) is 0.344. The first kappa shape index (κ1) is 33.7. The summed E-state index contributed by atoms with van der Waals surface area (Å²) in [5.74, 6) is 5.58. The predicted octanol–water partition coefficient (Wildman–Crippen LogP) is 3.81. The Morgan fingerprint density at radius 2 is 1.44 bits per heavy atom. The van der Waals surface area contributed by atoms with Crippen LogP contribution in [-0.2, 0) is 0 Å². The van der Waals surface area contributed by atoms with Crippen LogP contribution in [0.3, 0.4) is 0 Å². The van der Waals surface area contributed by atoms with Crippen LogP contribution in [0.15, 0.2) is 61.2 Å². The van der Waals surface area contributed by atoms with Gasteiger partial charge in [0.05, 0.1) is 5.54 Å². The van der Waals surface area contributed by atoms with Crippen LogP contribution in [0.25, 0.3) is 6.08 Å². The molecule has 4 N–H and O–H groups in total. The molecule has 148 valence electrons. The molecule has 0 aliphatic heterocycles. The van der Waals surface area contributed by atoms with E-state index in [0.29, 0.717) is 5.56 Å². The van der Waals surface area contributed by atoms with Crippen LogP contribution in [0.1, 0.15) is 42.3 Å². The van der Waals surface area contributed by atoms with Crippen molar-refractivity contribution in [2.75, 3.05) is 0 Å². The van der Waals surface area contributed by atoms with Crippen LogP contribution in [0.5, 0.6) is 0 Å². The molecule has 7 heteroatoms. The summed E-state index contributed by atoms with van der Waals surface area (Å²) in [7, 11) is 0. The van der Waals surface area contributed by atoms with Gasteiger partial charge in [0.1, 0.15) is 0 Å². The fourth-order valence-electron chi connectivity index (χ4n) is 1.74. The molecule has 0 aromatic heterocycles. The average molecular weight is 425 g/mol. The molecule has 2 rings (SSSR count). The van der Waals surface area contributed by atoms with Crippen molar-refractivity contribution in [1.82, 2.24) is 5.01 Å². The molecule has 0 aliphatic rings. The molecular formula is C20H31Cl2N2NaO2. The molecule has 2 aromatic carbocycles. The van der Waals surface area contributed by atoms with E-state index >= 15 is 0 Å². The number of hydrogen-bond acceptors (Lipinski definition) is 2. The number of aryl methyl sites for hydroxylation is 1. The average Bonchev–Trinajstić information content (AvgIpc) is 2.54. The Morgan fingerprint density at radius 1 is 1.00 bits per heavy atom. The Hall–Kier alpha value is -0.850. The topological polar surface area (TPSA) is 77.8 Å². The molecule has 0 radical (unpaired) electrons. The molecule has 0 atom stereocenters. The van der Waals surface area contributed by atoms with E-state index in [4.69, 9.17) is 5.84 Å². The zero-order chi connectivity index (χ0) is 17.5. The number of rotatable bonds is 2. The van der Waals surface area contributed by atoms with E-state index in [9.17, 15) is 4.79 Å². The fourth-order valence-corrected chi connectivity index (χ4v) is 1.74. The third-order valence-corrected chi connectivity index (χ3v) is 3.28. The van der Waals surface area contributed by atoms with Crippen molar-refractivity contribution in [2.45, 2.75) is 33.2 Å². The maximum atomic E-state index is 12.0. The van der Waals surface area contributed by atoms with Crippen LogP contribution < -0.4 is 5.84 Å². The van der Waals surface area contributed by atoms with Gasteiger partial charge in [0, 0.05) is 5.56 Å². The summed E-state index contributed by atoms with van der Waals surface area (Å²) in [6.45, 7) is 11.4. The van der Waals surface area contributed by atoms with E-state index in [1.165, 1.54) is 10.6 Å². The van der Waals surface area contributed by atoms with Crippen LogP contribution in [0, 0.1) is 6.92 Å². The SMILES string of the molecule is C=Cc1ccc(C(=O)N(N)C(C)(C)C)cc1.Cc1ccccc1.Cl.Cl.O.[NaH]. The molecule has 0 saturated heterocycles. The van der Waals surface area contributed by atoms with Crippen molar-refractivity contribution in [3.05, 3.63) is 77.9 Å². The first-order valence-corrected chi connectivity index (χ1v) is 7.59. The van der Waals surface area contributed by atoms with E-state index in [2.05, 4.69) is 25.6 Å². The van der Waals surface area contributed by atoms with Gasteiger partial charge in [-0.05, 0) is 45.4 Å². The molecular weight excluding hydrogens is 394 g/mol. The van der Waals surface area contributed by atoms with Gasteiger partial charge in [-0.3, -0.25) is 9.80 Å². The first-order valence-electron chi connectivity index (χ1n) is 7.59. The summed E-state index contributed by atoms with van der Waals surface area (Å²) in [5, 5.41) is 1.25. The molecule has 0 heterocycles. The van der Waals surface area contributed by atoms with Crippen LogP contribution >= 0.6 is 24.8 Å². The third-order valence-electron chi connectivity index (χ3n) is 3.28. The minimum atomic E-state index is -0.381. The third kappa shape index (κ3) is 12.3. The molecule has 0 fully saturated rings. The number of benzene rings is 2. The summed E-state index contributed by atoms with van der Waals surface area (Å²) < 4.78 is 0. The number of nitrogens with two attached hydrogens (primary N) is 1. The molecule has 0 aliphatic carbocycles. The Morgan fingerprint density at radius 3 is 1.74 bits per heavy atom. The number of halogens is 2. The standard InChI is InChI=1S/C13H18N2O.C7H8.2ClH.Na.H2O.H/c1-5-10-6-8-11(9-7-10)12(16)15(14)13(2,3)4;1-7-5-3-2-4-6-7;;;;;/h5-9H,1,14H2,2-4H3;2-6H,1H3;2*1H;;1H2;. The molecule has 0 spiro atoms. The van der Waals surface area contributed by atoms with E-state index in [-0.39, 0.29) is 71.3 Å². The number of amides is 1. The second-order valence-corrected chi connectivity index (χ2v) is 6.33. The number of nitrogens with zero attached hydrogens (tertiary/aromatic N) is 1. The fraction of sp³-hybridized carbons (Fsp3) is 0.250. The van der Waals surface area contributed by atoms with Gasteiger partial charge in [0.15, 0.2) is 0 Å². The summed E-state index contributed by atoms with van der Waals surface area (Å²) in [4.78, 5) is 12.0. The van der Waals surface area contributed by atoms with Crippen molar-refractivity contribution in [3.8, 4) is 0 Å². The molecule has 1 amide bonds. The summed E-state index contributed by atoms with van der Waals surface area (Å²) in [6, 6.07) is 17.5. The summed E-state index contributed by atoms with van der Waals surface area (Å²) >= 11 is 0. The van der Waals surface area contributed by atoms with Crippen LogP contribution in [0.4, 0.5) is 0 Å². The van der Waals surface area contributed by atoms with Crippen LogP contribution in [0.2, 0.25) is 0 Å². The Bertz CT molecular complexity index is 645. The number of hydrazine groups is 1. The zero-order valence-corrected chi connectivity index (χ0v) is 17.4. The minimum absolute atomic E-state index is 0. The second-order valence-electron chi connectivity index (χ2n) is 6.33. The Labute approximate surface area is 197 Å². The monoisotopic (exact) mass is 424 g/mol. The van der Waals surface area contributed by atoms with Crippen molar-refractivity contribution in [1.29, 1.82) is 0 Å². The van der Waals surface area contributed by atoms with E-state index in [0.717, 1.165) is 5.56 Å². The van der Waals surface area contributed by atoms with Gasteiger partial charge < -0.3 is 5.48 Å². The van der Waals surface area contributed by atoms with E-state index in [1.807, 2.05) is 51.1 Å². The van der Waals surface area contributed by atoms with Crippen molar-refractivity contribution >= 4 is 66.4 Å². The van der Waals surface area contributed by atoms with E-state index in [1.54, 1.807) is 18.2 Å². The number of hydrogen-bond donors (Lipinski definition) is 1. The molecule has 0 bridgehead atoms. The van der Waals surface area contributed by atoms with Crippen LogP contribution in [-0.4, -0.2) is 51.5 Å². The molecule has 4 nitrogen and oxygen atoms in total. The summed E-state index contributed by atoms with van der Waals surface area (Å²) in [6.07, 6.45) is 1.73. The Balaban J connectivity index is -0.000000208. The molecule has 0 unspecified atom stereocenters. The normalized spacial score (nSPS) is 8.78. The second kappa shape index (κ2) is 16.1. The maximum absolute atomic E-state index is 12.0. The van der Waals surface area contributed by atoms with Gasteiger partial charge in [-0.2, -0.15) is 0 Å². The molecule has 27 heavy (non-hydrogen) atoms. The van der Waals surface area contributed by atoms with Crippen molar-refractivity contribution in [2.24, 2.45) is 5.84 Å². The number of carbonyl (C=O) groups is 1. The van der Waals surface area contributed by atoms with Crippen molar-refractivity contribution < 1.29 is 10.3 Å². The first-order chi connectivity index (χ1) is 10.8. The van der Waals surface area contributed by atoms with Gasteiger partial charge >= 0.3 is 29.6 Å². The van der Waals surface area contributed by atoms with E-state index < -0.39 is 0 Å². The molecule has 0 saturated carbocycles.